The quantitative estimate of drug-likeness (QED) is 0.360. The second kappa shape index (κ2) is 12.5. The Labute approximate surface area is 211 Å². The lowest BCUT2D eigenvalue weighted by molar-refractivity contribution is -0.135. The molecule has 0 aliphatic rings. The molecule has 3 rings (SSSR count). The lowest BCUT2D eigenvalue weighted by atomic mass is 9.97. The monoisotopic (exact) mass is 495 g/mol. The van der Waals surface area contributed by atoms with Crippen LogP contribution in [0.2, 0.25) is 0 Å². The van der Waals surface area contributed by atoms with Gasteiger partial charge in [0.1, 0.15) is 11.2 Å². The lowest BCUT2D eigenvalue weighted by Gasteiger charge is -2.25. The van der Waals surface area contributed by atoms with Crippen molar-refractivity contribution in [1.29, 1.82) is 0 Å². The summed E-state index contributed by atoms with van der Waals surface area (Å²) < 4.78 is 7.11. The van der Waals surface area contributed by atoms with Crippen molar-refractivity contribution in [3.63, 3.8) is 0 Å². The number of carbonyl (C=O) groups excluding carboxylic acids is 2. The van der Waals surface area contributed by atoms with Gasteiger partial charge in [-0.15, -0.1) is 0 Å². The zero-order chi connectivity index (χ0) is 26.2. The Kier molecular flexibility index (Phi) is 9.38. The number of nitrogens with zero attached hydrogens (tertiary/aromatic N) is 4. The molecular formula is C27H37N5O4. The number of hydrogen-bond acceptors (Lipinski definition) is 6. The molecule has 3 aromatic rings. The molecule has 1 aromatic carbocycles. The Morgan fingerprint density at radius 2 is 1.86 bits per heavy atom. The van der Waals surface area contributed by atoms with Crippen LogP contribution in [0.15, 0.2) is 39.6 Å². The smallest absolute Gasteiger partial charge is 0.267 e. The Morgan fingerprint density at radius 1 is 1.14 bits per heavy atom. The number of benzene rings is 1. The van der Waals surface area contributed by atoms with Gasteiger partial charge in [-0.05, 0) is 31.7 Å². The number of aromatic nitrogens is 3. The van der Waals surface area contributed by atoms with E-state index in [0.717, 1.165) is 31.2 Å². The summed E-state index contributed by atoms with van der Waals surface area (Å²) in [6.45, 7) is 8.86. The minimum Gasteiger partial charge on any atom is -0.370 e. The number of amides is 2. The van der Waals surface area contributed by atoms with Crippen molar-refractivity contribution >= 4 is 22.9 Å². The number of nitrogens with two attached hydrogens (primary N) is 1. The number of hydrogen-bond donors (Lipinski definition) is 1. The van der Waals surface area contributed by atoms with Crippen molar-refractivity contribution in [1.82, 2.24) is 19.6 Å². The standard InChI is InChI=1S/C27H37N5O4/c1-5-21(13-9-10-15-31(16-14-22(28)33)26(34)18(2)3)24-29-25-23(19(4)30-36-25)27(35)32(24)17-20-11-7-6-8-12-20/h6-8,11-12,18,21H,5,9-10,13-17H2,1-4H3,(H2,28,33). The Morgan fingerprint density at radius 3 is 2.50 bits per heavy atom. The van der Waals surface area contributed by atoms with Crippen molar-refractivity contribution in [2.24, 2.45) is 11.7 Å². The molecule has 0 aliphatic carbocycles. The van der Waals surface area contributed by atoms with Gasteiger partial charge in [-0.1, -0.05) is 62.7 Å². The van der Waals surface area contributed by atoms with Crippen molar-refractivity contribution in [2.75, 3.05) is 13.1 Å². The van der Waals surface area contributed by atoms with E-state index >= 15 is 0 Å². The van der Waals surface area contributed by atoms with E-state index in [2.05, 4.69) is 12.1 Å². The molecule has 2 amide bonds. The molecule has 9 nitrogen and oxygen atoms in total. The van der Waals surface area contributed by atoms with Crippen LogP contribution in [0.4, 0.5) is 0 Å². The Balaban J connectivity index is 1.79. The topological polar surface area (TPSA) is 124 Å². The van der Waals surface area contributed by atoms with Crippen LogP contribution in [0.1, 0.15) is 75.9 Å². The highest BCUT2D eigenvalue weighted by Crippen LogP contribution is 2.26. The zero-order valence-corrected chi connectivity index (χ0v) is 21.7. The predicted octanol–water partition coefficient (Wildman–Crippen LogP) is 3.77. The van der Waals surface area contributed by atoms with Gasteiger partial charge in [0, 0.05) is 31.3 Å². The maximum Gasteiger partial charge on any atom is 0.267 e. The molecule has 1 atom stereocenters. The zero-order valence-electron chi connectivity index (χ0n) is 21.7. The molecule has 2 N–H and O–H groups in total. The van der Waals surface area contributed by atoms with Gasteiger partial charge in [-0.3, -0.25) is 19.0 Å². The summed E-state index contributed by atoms with van der Waals surface area (Å²) >= 11 is 0. The van der Waals surface area contributed by atoms with E-state index in [0.29, 0.717) is 36.5 Å². The first-order valence-corrected chi connectivity index (χ1v) is 12.7. The van der Waals surface area contributed by atoms with E-state index < -0.39 is 5.91 Å². The largest absolute Gasteiger partial charge is 0.370 e. The number of primary amides is 1. The van der Waals surface area contributed by atoms with Gasteiger partial charge in [0.2, 0.25) is 11.8 Å². The highest BCUT2D eigenvalue weighted by atomic mass is 16.5. The molecule has 0 saturated carbocycles. The summed E-state index contributed by atoms with van der Waals surface area (Å²) in [4.78, 5) is 43.8. The molecule has 2 aromatic heterocycles. The van der Waals surface area contributed by atoms with Crippen molar-refractivity contribution in [3.05, 3.63) is 57.8 Å². The van der Waals surface area contributed by atoms with Crippen LogP contribution in [0, 0.1) is 12.8 Å². The van der Waals surface area contributed by atoms with E-state index in [1.807, 2.05) is 44.2 Å². The Hall–Kier alpha value is -3.49. The van der Waals surface area contributed by atoms with E-state index in [1.165, 1.54) is 0 Å². The molecule has 0 radical (unpaired) electrons. The van der Waals surface area contributed by atoms with Gasteiger partial charge in [0.05, 0.1) is 12.2 Å². The molecule has 2 heterocycles. The van der Waals surface area contributed by atoms with Gasteiger partial charge in [0.15, 0.2) is 0 Å². The second-order valence-corrected chi connectivity index (χ2v) is 9.59. The van der Waals surface area contributed by atoms with Crippen LogP contribution in [-0.2, 0) is 16.1 Å². The summed E-state index contributed by atoms with van der Waals surface area (Å²) in [7, 11) is 0. The summed E-state index contributed by atoms with van der Waals surface area (Å²) in [5.74, 6) is 0.195. The van der Waals surface area contributed by atoms with Gasteiger partial charge in [-0.25, -0.2) is 0 Å². The molecule has 194 valence electrons. The number of unbranched alkanes of at least 4 members (excludes halogenated alkanes) is 1. The molecular weight excluding hydrogens is 458 g/mol. The average Bonchev–Trinajstić information content (AvgIpc) is 3.23. The molecule has 0 spiro atoms. The number of carbonyl (C=O) groups is 2. The summed E-state index contributed by atoms with van der Waals surface area (Å²) in [6, 6.07) is 9.85. The predicted molar refractivity (Wildman–Crippen MR) is 138 cm³/mol. The van der Waals surface area contributed by atoms with Crippen LogP contribution in [0.3, 0.4) is 0 Å². The SMILES string of the molecule is CCC(CCCCN(CCC(N)=O)C(=O)C(C)C)c1nc2onc(C)c2c(=O)n1Cc1ccccc1. The maximum atomic E-state index is 13.5. The fraction of sp³-hybridized carbons (Fsp3) is 0.519. The normalized spacial score (nSPS) is 12.2. The van der Waals surface area contributed by atoms with Crippen LogP contribution < -0.4 is 11.3 Å². The molecule has 36 heavy (non-hydrogen) atoms. The molecule has 0 aliphatic heterocycles. The highest BCUT2D eigenvalue weighted by Gasteiger charge is 2.23. The highest BCUT2D eigenvalue weighted by molar-refractivity contribution is 5.79. The first kappa shape index (κ1) is 27.1. The summed E-state index contributed by atoms with van der Waals surface area (Å²) in [6.07, 6.45) is 3.38. The van der Waals surface area contributed by atoms with Crippen LogP contribution in [0.25, 0.3) is 11.1 Å². The Bertz CT molecular complexity index is 1230. The van der Waals surface area contributed by atoms with Gasteiger partial charge < -0.3 is 15.2 Å². The first-order valence-electron chi connectivity index (χ1n) is 12.7. The van der Waals surface area contributed by atoms with Crippen molar-refractivity contribution in [2.45, 2.75) is 72.3 Å². The maximum absolute atomic E-state index is 13.5. The fourth-order valence-electron chi connectivity index (χ4n) is 4.47. The van der Waals surface area contributed by atoms with Crippen molar-refractivity contribution < 1.29 is 14.1 Å². The average molecular weight is 496 g/mol. The third-order valence-electron chi connectivity index (χ3n) is 6.50. The van der Waals surface area contributed by atoms with Gasteiger partial charge >= 0.3 is 0 Å². The lowest BCUT2D eigenvalue weighted by Crippen LogP contribution is -2.37. The summed E-state index contributed by atoms with van der Waals surface area (Å²) in [5.41, 5.74) is 6.98. The number of rotatable bonds is 13. The van der Waals surface area contributed by atoms with Gasteiger partial charge in [-0.2, -0.15) is 4.98 Å². The fourth-order valence-corrected chi connectivity index (χ4v) is 4.47. The van der Waals surface area contributed by atoms with E-state index in [1.54, 1.807) is 16.4 Å². The molecule has 9 heteroatoms. The third-order valence-corrected chi connectivity index (χ3v) is 6.50. The number of fused-ring (bicyclic) bond motifs is 1. The minimum atomic E-state index is -0.414. The van der Waals surface area contributed by atoms with Crippen molar-refractivity contribution in [3.8, 4) is 0 Å². The van der Waals surface area contributed by atoms with E-state index in [-0.39, 0.29) is 35.4 Å². The van der Waals surface area contributed by atoms with E-state index in [9.17, 15) is 14.4 Å². The van der Waals surface area contributed by atoms with Gasteiger partial charge in [0.25, 0.3) is 11.3 Å². The summed E-state index contributed by atoms with van der Waals surface area (Å²) in [5, 5.41) is 4.38. The third kappa shape index (κ3) is 6.59. The van der Waals surface area contributed by atoms with E-state index in [4.69, 9.17) is 15.2 Å². The number of aryl methyl sites for hydroxylation is 1. The molecule has 0 fully saturated rings. The van der Waals surface area contributed by atoms with Crippen LogP contribution >= 0.6 is 0 Å². The molecule has 1 unspecified atom stereocenters. The molecule has 0 bridgehead atoms. The minimum absolute atomic E-state index is 0.0211. The molecule has 0 saturated heterocycles. The first-order chi connectivity index (χ1) is 17.2. The van der Waals surface area contributed by atoms with Crippen LogP contribution in [0.5, 0.6) is 0 Å². The van der Waals surface area contributed by atoms with Crippen LogP contribution in [-0.4, -0.2) is 44.5 Å². The second-order valence-electron chi connectivity index (χ2n) is 9.59.